The maximum absolute atomic E-state index is 5.96. The molecule has 0 radical (unpaired) electrons. The van der Waals surface area contributed by atoms with Crippen molar-refractivity contribution in [2.24, 2.45) is 0 Å². The summed E-state index contributed by atoms with van der Waals surface area (Å²) in [5.41, 5.74) is 1.33. The molecule has 2 fully saturated rings. The standard InChI is InChI=1S/C16H23NO2/c1-18-16-11-12(10-13-4-3-9-17-13)7-8-15(16)19-14-5-2-6-14/h7-8,11,13-14,17H,2-6,9-10H2,1H3. The summed E-state index contributed by atoms with van der Waals surface area (Å²) >= 11 is 0. The molecule has 1 heterocycles. The van der Waals surface area contributed by atoms with E-state index in [-0.39, 0.29) is 0 Å². The Morgan fingerprint density at radius 1 is 1.16 bits per heavy atom. The first-order chi connectivity index (χ1) is 9.35. The van der Waals surface area contributed by atoms with E-state index in [2.05, 4.69) is 23.5 Å². The predicted octanol–water partition coefficient (Wildman–Crippen LogP) is 2.92. The van der Waals surface area contributed by atoms with E-state index >= 15 is 0 Å². The number of methoxy groups -OCH3 is 1. The number of hydrogen-bond acceptors (Lipinski definition) is 3. The molecule has 1 saturated heterocycles. The van der Waals surface area contributed by atoms with Gasteiger partial charge >= 0.3 is 0 Å². The van der Waals surface area contributed by atoms with E-state index in [0.29, 0.717) is 12.1 Å². The summed E-state index contributed by atoms with van der Waals surface area (Å²) in [4.78, 5) is 0. The SMILES string of the molecule is COc1cc(CC2CCCN2)ccc1OC1CCC1. The first-order valence-electron chi connectivity index (χ1n) is 7.42. The molecule has 0 spiro atoms. The van der Waals surface area contributed by atoms with E-state index in [4.69, 9.17) is 9.47 Å². The predicted molar refractivity (Wildman–Crippen MR) is 76.0 cm³/mol. The second kappa shape index (κ2) is 5.83. The van der Waals surface area contributed by atoms with Gasteiger partial charge < -0.3 is 14.8 Å². The fourth-order valence-electron chi connectivity index (χ4n) is 2.82. The lowest BCUT2D eigenvalue weighted by Gasteiger charge is -2.27. The van der Waals surface area contributed by atoms with Gasteiger partial charge in [-0.05, 0) is 62.8 Å². The van der Waals surface area contributed by atoms with Crippen LogP contribution in [-0.2, 0) is 6.42 Å². The van der Waals surface area contributed by atoms with Crippen molar-refractivity contribution in [3.63, 3.8) is 0 Å². The van der Waals surface area contributed by atoms with Crippen LogP contribution in [0.4, 0.5) is 0 Å². The van der Waals surface area contributed by atoms with E-state index in [9.17, 15) is 0 Å². The van der Waals surface area contributed by atoms with Gasteiger partial charge in [0.15, 0.2) is 11.5 Å². The van der Waals surface area contributed by atoms with Crippen molar-refractivity contribution < 1.29 is 9.47 Å². The van der Waals surface area contributed by atoms with Crippen molar-refractivity contribution in [3.05, 3.63) is 23.8 Å². The minimum atomic E-state index is 0.399. The molecule has 0 bridgehead atoms. The van der Waals surface area contributed by atoms with Gasteiger partial charge in [0, 0.05) is 6.04 Å². The molecule has 19 heavy (non-hydrogen) atoms. The summed E-state index contributed by atoms with van der Waals surface area (Å²) < 4.78 is 11.4. The third-order valence-electron chi connectivity index (χ3n) is 4.22. The van der Waals surface area contributed by atoms with E-state index in [0.717, 1.165) is 24.5 Å². The average Bonchev–Trinajstić information content (AvgIpc) is 2.87. The van der Waals surface area contributed by atoms with Crippen LogP contribution in [-0.4, -0.2) is 25.8 Å². The molecule has 1 aromatic rings. The number of nitrogens with one attached hydrogen (secondary N) is 1. The molecule has 1 atom stereocenters. The minimum absolute atomic E-state index is 0.399. The minimum Gasteiger partial charge on any atom is -0.493 e. The number of hydrogen-bond donors (Lipinski definition) is 1. The largest absolute Gasteiger partial charge is 0.493 e. The zero-order valence-corrected chi connectivity index (χ0v) is 11.7. The van der Waals surface area contributed by atoms with Gasteiger partial charge in [0.05, 0.1) is 13.2 Å². The van der Waals surface area contributed by atoms with Crippen LogP contribution in [0.5, 0.6) is 11.5 Å². The first kappa shape index (κ1) is 12.8. The molecule has 0 aromatic heterocycles. The van der Waals surface area contributed by atoms with Crippen LogP contribution >= 0.6 is 0 Å². The second-order valence-corrected chi connectivity index (χ2v) is 5.65. The monoisotopic (exact) mass is 261 g/mol. The Balaban J connectivity index is 1.68. The van der Waals surface area contributed by atoms with Gasteiger partial charge in [-0.25, -0.2) is 0 Å². The molecular formula is C16H23NO2. The molecule has 1 aromatic carbocycles. The van der Waals surface area contributed by atoms with Gasteiger partial charge in [-0.2, -0.15) is 0 Å². The lowest BCUT2D eigenvalue weighted by atomic mass is 9.96. The summed E-state index contributed by atoms with van der Waals surface area (Å²) in [5, 5.41) is 3.54. The van der Waals surface area contributed by atoms with Crippen LogP contribution in [0, 0.1) is 0 Å². The lowest BCUT2D eigenvalue weighted by molar-refractivity contribution is 0.116. The van der Waals surface area contributed by atoms with Crippen LogP contribution < -0.4 is 14.8 Å². The van der Waals surface area contributed by atoms with Crippen LogP contribution in [0.2, 0.25) is 0 Å². The molecule has 3 rings (SSSR count). The maximum Gasteiger partial charge on any atom is 0.161 e. The molecule has 0 amide bonds. The summed E-state index contributed by atoms with van der Waals surface area (Å²) in [5.74, 6) is 1.78. The molecule has 1 unspecified atom stereocenters. The molecule has 1 aliphatic carbocycles. The summed E-state index contributed by atoms with van der Waals surface area (Å²) in [6.45, 7) is 1.16. The highest BCUT2D eigenvalue weighted by atomic mass is 16.5. The number of benzene rings is 1. The molecule has 104 valence electrons. The third-order valence-corrected chi connectivity index (χ3v) is 4.22. The Labute approximate surface area is 115 Å². The van der Waals surface area contributed by atoms with E-state index in [1.54, 1.807) is 7.11 Å². The molecule has 1 saturated carbocycles. The average molecular weight is 261 g/mol. The smallest absolute Gasteiger partial charge is 0.161 e. The molecule has 1 aliphatic heterocycles. The van der Waals surface area contributed by atoms with E-state index in [1.807, 2.05) is 0 Å². The molecule has 3 nitrogen and oxygen atoms in total. The van der Waals surface area contributed by atoms with Gasteiger partial charge in [0.2, 0.25) is 0 Å². The first-order valence-corrected chi connectivity index (χ1v) is 7.42. The van der Waals surface area contributed by atoms with Gasteiger partial charge in [-0.3, -0.25) is 0 Å². The van der Waals surface area contributed by atoms with Crippen molar-refractivity contribution >= 4 is 0 Å². The highest BCUT2D eigenvalue weighted by molar-refractivity contribution is 5.43. The van der Waals surface area contributed by atoms with E-state index < -0.39 is 0 Å². The summed E-state index contributed by atoms with van der Waals surface area (Å²) in [7, 11) is 1.72. The van der Waals surface area contributed by atoms with Crippen molar-refractivity contribution in [1.29, 1.82) is 0 Å². The van der Waals surface area contributed by atoms with Crippen molar-refractivity contribution in [2.75, 3.05) is 13.7 Å². The Hall–Kier alpha value is -1.22. The summed E-state index contributed by atoms with van der Waals surface area (Å²) in [6.07, 6.45) is 7.70. The lowest BCUT2D eigenvalue weighted by Crippen LogP contribution is -2.25. The molecular weight excluding hydrogens is 238 g/mol. The fraction of sp³-hybridized carbons (Fsp3) is 0.625. The van der Waals surface area contributed by atoms with Crippen molar-refractivity contribution in [2.45, 2.75) is 50.7 Å². The topological polar surface area (TPSA) is 30.5 Å². The van der Waals surface area contributed by atoms with E-state index in [1.165, 1.54) is 37.7 Å². The Morgan fingerprint density at radius 3 is 2.68 bits per heavy atom. The van der Waals surface area contributed by atoms with Gasteiger partial charge in [0.1, 0.15) is 0 Å². The van der Waals surface area contributed by atoms with Crippen LogP contribution in [0.1, 0.15) is 37.7 Å². The zero-order chi connectivity index (χ0) is 13.1. The van der Waals surface area contributed by atoms with Crippen molar-refractivity contribution in [3.8, 4) is 11.5 Å². The maximum atomic E-state index is 5.96. The quantitative estimate of drug-likeness (QED) is 0.884. The van der Waals surface area contributed by atoms with Crippen LogP contribution in [0.25, 0.3) is 0 Å². The number of ether oxygens (including phenoxy) is 2. The number of rotatable bonds is 5. The fourth-order valence-corrected chi connectivity index (χ4v) is 2.82. The Kier molecular flexibility index (Phi) is 3.92. The highest BCUT2D eigenvalue weighted by Crippen LogP contribution is 2.33. The molecule has 2 aliphatic rings. The second-order valence-electron chi connectivity index (χ2n) is 5.65. The van der Waals surface area contributed by atoms with Crippen molar-refractivity contribution in [1.82, 2.24) is 5.32 Å². The Morgan fingerprint density at radius 2 is 2.05 bits per heavy atom. The zero-order valence-electron chi connectivity index (χ0n) is 11.7. The van der Waals surface area contributed by atoms with Gasteiger partial charge in [-0.1, -0.05) is 6.07 Å². The van der Waals surface area contributed by atoms with Crippen LogP contribution in [0.3, 0.4) is 0 Å². The molecule has 3 heteroatoms. The normalized spacial score (nSPS) is 23.1. The van der Waals surface area contributed by atoms with Crippen LogP contribution in [0.15, 0.2) is 18.2 Å². The molecule has 1 N–H and O–H groups in total. The van der Waals surface area contributed by atoms with Gasteiger partial charge in [0.25, 0.3) is 0 Å². The highest BCUT2D eigenvalue weighted by Gasteiger charge is 2.21. The third kappa shape index (κ3) is 3.03. The van der Waals surface area contributed by atoms with Gasteiger partial charge in [-0.15, -0.1) is 0 Å². The Bertz CT molecular complexity index is 423. The summed E-state index contributed by atoms with van der Waals surface area (Å²) in [6, 6.07) is 7.01.